The molecular weight excluding hydrogens is 238 g/mol. The Bertz CT molecular complexity index is 379. The average molecular weight is 256 g/mol. The van der Waals surface area contributed by atoms with E-state index in [1.54, 1.807) is 24.3 Å². The molecule has 1 amide bonds. The number of rotatable bonds is 5. The summed E-state index contributed by atoms with van der Waals surface area (Å²) in [6, 6.07) is 6.73. The molecule has 2 N–H and O–H groups in total. The third-order valence-electron chi connectivity index (χ3n) is 2.33. The van der Waals surface area contributed by atoms with Gasteiger partial charge in [0.25, 0.3) is 5.91 Å². The van der Waals surface area contributed by atoms with Crippen LogP contribution in [-0.2, 0) is 0 Å². The van der Waals surface area contributed by atoms with Crippen molar-refractivity contribution in [3.63, 3.8) is 0 Å². The van der Waals surface area contributed by atoms with Crippen LogP contribution in [-0.4, -0.2) is 23.7 Å². The van der Waals surface area contributed by atoms with Crippen molar-refractivity contribution in [2.45, 2.75) is 26.4 Å². The van der Waals surface area contributed by atoms with Gasteiger partial charge in [-0.1, -0.05) is 31.5 Å². The summed E-state index contributed by atoms with van der Waals surface area (Å²) >= 11 is 5.79. The number of carbonyl (C=O) groups excluding carboxylic acids is 1. The molecule has 4 heteroatoms. The van der Waals surface area contributed by atoms with Crippen molar-refractivity contribution in [3.05, 3.63) is 34.9 Å². The van der Waals surface area contributed by atoms with Crippen molar-refractivity contribution in [2.24, 2.45) is 5.92 Å². The SMILES string of the molecule is CC(C)C[C@H](O)CNC(=O)c1cccc(Cl)c1. The van der Waals surface area contributed by atoms with Crippen LogP contribution in [0.1, 0.15) is 30.6 Å². The molecular formula is C13H18ClNO2. The number of nitrogens with one attached hydrogen (secondary N) is 1. The van der Waals surface area contributed by atoms with Crippen molar-refractivity contribution in [1.29, 1.82) is 0 Å². The Kier molecular flexibility index (Phi) is 5.45. The number of hydrogen-bond donors (Lipinski definition) is 2. The Morgan fingerprint density at radius 2 is 2.18 bits per heavy atom. The maximum absolute atomic E-state index is 11.7. The minimum absolute atomic E-state index is 0.213. The molecule has 0 heterocycles. The zero-order chi connectivity index (χ0) is 12.8. The lowest BCUT2D eigenvalue weighted by Gasteiger charge is -2.13. The molecule has 0 saturated heterocycles. The van der Waals surface area contributed by atoms with Crippen molar-refractivity contribution in [3.8, 4) is 0 Å². The second-order valence-corrected chi connectivity index (χ2v) is 4.94. The van der Waals surface area contributed by atoms with Gasteiger partial charge in [0.1, 0.15) is 0 Å². The highest BCUT2D eigenvalue weighted by molar-refractivity contribution is 6.30. The number of hydrogen-bond acceptors (Lipinski definition) is 2. The molecule has 0 aliphatic heterocycles. The first-order valence-electron chi connectivity index (χ1n) is 5.71. The minimum Gasteiger partial charge on any atom is -0.391 e. The molecule has 0 aliphatic rings. The van der Waals surface area contributed by atoms with Crippen molar-refractivity contribution >= 4 is 17.5 Å². The van der Waals surface area contributed by atoms with Crippen molar-refractivity contribution < 1.29 is 9.90 Å². The number of halogens is 1. The number of benzene rings is 1. The molecule has 1 atom stereocenters. The lowest BCUT2D eigenvalue weighted by Crippen LogP contribution is -2.32. The van der Waals surface area contributed by atoms with Gasteiger partial charge >= 0.3 is 0 Å². The molecule has 0 saturated carbocycles. The zero-order valence-electron chi connectivity index (χ0n) is 10.1. The highest BCUT2D eigenvalue weighted by atomic mass is 35.5. The van der Waals surface area contributed by atoms with Crippen molar-refractivity contribution in [1.82, 2.24) is 5.32 Å². The van der Waals surface area contributed by atoms with Crippen LogP contribution < -0.4 is 5.32 Å². The summed E-state index contributed by atoms with van der Waals surface area (Å²) in [5.74, 6) is 0.198. The predicted molar refractivity (Wildman–Crippen MR) is 69.2 cm³/mol. The summed E-state index contributed by atoms with van der Waals surface area (Å²) in [4.78, 5) is 11.7. The second kappa shape index (κ2) is 6.62. The largest absolute Gasteiger partial charge is 0.391 e. The lowest BCUT2D eigenvalue weighted by atomic mass is 10.1. The van der Waals surface area contributed by atoms with E-state index in [9.17, 15) is 9.90 Å². The molecule has 3 nitrogen and oxygen atoms in total. The van der Waals surface area contributed by atoms with Gasteiger partial charge in [-0.3, -0.25) is 4.79 Å². The van der Waals surface area contributed by atoms with Gasteiger partial charge in [0, 0.05) is 17.1 Å². The van der Waals surface area contributed by atoms with Crippen LogP contribution in [0, 0.1) is 5.92 Å². The van der Waals surface area contributed by atoms with E-state index in [0.29, 0.717) is 22.9 Å². The molecule has 0 bridgehead atoms. The highest BCUT2D eigenvalue weighted by Crippen LogP contribution is 2.10. The molecule has 1 aromatic carbocycles. The molecule has 1 aromatic rings. The smallest absolute Gasteiger partial charge is 0.251 e. The summed E-state index contributed by atoms with van der Waals surface area (Å²) < 4.78 is 0. The molecule has 0 radical (unpaired) electrons. The number of aliphatic hydroxyl groups is 1. The fourth-order valence-electron chi connectivity index (χ4n) is 1.57. The van der Waals surface area contributed by atoms with Gasteiger partial charge in [-0.25, -0.2) is 0 Å². The second-order valence-electron chi connectivity index (χ2n) is 4.50. The van der Waals surface area contributed by atoms with Gasteiger partial charge < -0.3 is 10.4 Å². The van der Waals surface area contributed by atoms with Gasteiger partial charge in [-0.05, 0) is 30.5 Å². The maximum Gasteiger partial charge on any atom is 0.251 e. The summed E-state index contributed by atoms with van der Waals surface area (Å²) in [6.45, 7) is 4.33. The maximum atomic E-state index is 11.7. The standard InChI is InChI=1S/C13H18ClNO2/c1-9(2)6-12(16)8-15-13(17)10-4-3-5-11(14)7-10/h3-5,7,9,12,16H,6,8H2,1-2H3,(H,15,17)/t12-/m0/s1. The van der Waals surface area contributed by atoms with E-state index in [4.69, 9.17) is 11.6 Å². The molecule has 0 unspecified atom stereocenters. The van der Waals surface area contributed by atoms with Gasteiger partial charge in [-0.2, -0.15) is 0 Å². The number of carbonyl (C=O) groups is 1. The molecule has 17 heavy (non-hydrogen) atoms. The van der Waals surface area contributed by atoms with E-state index in [0.717, 1.165) is 0 Å². The Balaban J connectivity index is 2.45. The van der Waals surface area contributed by atoms with Crippen molar-refractivity contribution in [2.75, 3.05) is 6.54 Å². The van der Waals surface area contributed by atoms with E-state index in [1.807, 2.05) is 13.8 Å². The van der Waals surface area contributed by atoms with E-state index in [-0.39, 0.29) is 12.5 Å². The van der Waals surface area contributed by atoms with Gasteiger partial charge in [0.15, 0.2) is 0 Å². The molecule has 0 spiro atoms. The average Bonchev–Trinajstić information content (AvgIpc) is 2.25. The normalized spacial score (nSPS) is 12.5. The third kappa shape index (κ3) is 5.20. The van der Waals surface area contributed by atoms with Crippen LogP contribution in [0.15, 0.2) is 24.3 Å². The first kappa shape index (κ1) is 14.0. The van der Waals surface area contributed by atoms with Gasteiger partial charge in [-0.15, -0.1) is 0 Å². The number of aliphatic hydroxyl groups excluding tert-OH is 1. The van der Waals surface area contributed by atoms with Crippen LogP contribution in [0.4, 0.5) is 0 Å². The first-order chi connectivity index (χ1) is 7.99. The molecule has 0 aromatic heterocycles. The van der Waals surface area contributed by atoms with Crippen LogP contribution in [0.2, 0.25) is 5.02 Å². The van der Waals surface area contributed by atoms with Crippen LogP contribution in [0.3, 0.4) is 0 Å². The topological polar surface area (TPSA) is 49.3 Å². The first-order valence-corrected chi connectivity index (χ1v) is 6.08. The van der Waals surface area contributed by atoms with E-state index in [2.05, 4.69) is 5.32 Å². The Hall–Kier alpha value is -1.06. The molecule has 0 aliphatic carbocycles. The molecule has 94 valence electrons. The lowest BCUT2D eigenvalue weighted by molar-refractivity contribution is 0.0900. The van der Waals surface area contributed by atoms with E-state index in [1.165, 1.54) is 0 Å². The van der Waals surface area contributed by atoms with Crippen LogP contribution >= 0.6 is 11.6 Å². The third-order valence-corrected chi connectivity index (χ3v) is 2.56. The molecule has 0 fully saturated rings. The summed E-state index contributed by atoms with van der Waals surface area (Å²) in [5.41, 5.74) is 0.509. The Morgan fingerprint density at radius 1 is 1.47 bits per heavy atom. The monoisotopic (exact) mass is 255 g/mol. The fraction of sp³-hybridized carbons (Fsp3) is 0.462. The Morgan fingerprint density at radius 3 is 2.76 bits per heavy atom. The van der Waals surface area contributed by atoms with E-state index < -0.39 is 6.10 Å². The number of amides is 1. The quantitative estimate of drug-likeness (QED) is 0.849. The molecule has 1 rings (SSSR count). The summed E-state index contributed by atoms with van der Waals surface area (Å²) in [7, 11) is 0. The summed E-state index contributed by atoms with van der Waals surface area (Å²) in [6.07, 6.45) is 0.175. The minimum atomic E-state index is -0.502. The summed E-state index contributed by atoms with van der Waals surface area (Å²) in [5, 5.41) is 12.8. The van der Waals surface area contributed by atoms with Crippen LogP contribution in [0.5, 0.6) is 0 Å². The van der Waals surface area contributed by atoms with Gasteiger partial charge in [0.05, 0.1) is 6.10 Å². The zero-order valence-corrected chi connectivity index (χ0v) is 10.9. The van der Waals surface area contributed by atoms with E-state index >= 15 is 0 Å². The Labute approximate surface area is 107 Å². The van der Waals surface area contributed by atoms with Crippen LogP contribution in [0.25, 0.3) is 0 Å². The predicted octanol–water partition coefficient (Wildman–Crippen LogP) is 2.48. The highest BCUT2D eigenvalue weighted by Gasteiger charge is 2.10. The van der Waals surface area contributed by atoms with Gasteiger partial charge in [0.2, 0.25) is 0 Å². The fourth-order valence-corrected chi connectivity index (χ4v) is 1.76.